The molecule has 1 N–H and O–H groups in total. The van der Waals surface area contributed by atoms with Gasteiger partial charge in [0, 0.05) is 5.69 Å². The fourth-order valence-electron chi connectivity index (χ4n) is 2.05. The van der Waals surface area contributed by atoms with Crippen molar-refractivity contribution >= 4 is 11.6 Å². The van der Waals surface area contributed by atoms with Gasteiger partial charge in [0.2, 0.25) is 0 Å². The smallest absolute Gasteiger partial charge is 0.265 e. The van der Waals surface area contributed by atoms with Crippen LogP contribution in [-0.2, 0) is 4.79 Å². The lowest BCUT2D eigenvalue weighted by atomic mass is 10.2. The summed E-state index contributed by atoms with van der Waals surface area (Å²) in [5.74, 6) is 1.58. The summed E-state index contributed by atoms with van der Waals surface area (Å²) in [5.41, 5.74) is 1.61. The third-order valence-corrected chi connectivity index (χ3v) is 3.35. The molecule has 1 atom stereocenters. The minimum atomic E-state index is -0.671. The van der Waals surface area contributed by atoms with Crippen LogP contribution in [0.3, 0.4) is 0 Å². The molecule has 1 amide bonds. The first-order chi connectivity index (χ1) is 12.0. The number of para-hydroxylation sites is 2. The number of carbonyl (C=O) groups is 1. The Morgan fingerprint density at radius 2 is 1.76 bits per heavy atom. The number of carbonyl (C=O) groups excluding carboxylic acids is 1. The summed E-state index contributed by atoms with van der Waals surface area (Å²) in [4.78, 5) is 12.3. The molecule has 5 nitrogen and oxygen atoms in total. The molecule has 0 spiro atoms. The average molecular weight is 341 g/mol. The Morgan fingerprint density at radius 1 is 1.12 bits per heavy atom. The molecule has 2 aromatic carbocycles. The molecule has 0 saturated heterocycles. The van der Waals surface area contributed by atoms with Crippen molar-refractivity contribution in [3.63, 3.8) is 0 Å². The fourth-order valence-corrected chi connectivity index (χ4v) is 2.05. The van der Waals surface area contributed by atoms with Crippen LogP contribution in [0, 0.1) is 0 Å². The highest BCUT2D eigenvalue weighted by molar-refractivity contribution is 5.94. The van der Waals surface area contributed by atoms with E-state index in [0.717, 1.165) is 11.3 Å². The predicted molar refractivity (Wildman–Crippen MR) is 98.5 cm³/mol. The molecular formula is C20H23NO4. The zero-order chi connectivity index (χ0) is 18.2. The summed E-state index contributed by atoms with van der Waals surface area (Å²) >= 11 is 0. The van der Waals surface area contributed by atoms with Crippen LogP contribution in [0.1, 0.15) is 13.8 Å². The normalized spacial score (nSPS) is 11.3. The Kier molecular flexibility index (Phi) is 6.46. The van der Waals surface area contributed by atoms with Crippen LogP contribution in [0.4, 0.5) is 5.69 Å². The highest BCUT2D eigenvalue weighted by Crippen LogP contribution is 2.27. The Balaban J connectivity index is 1.93. The molecule has 0 fully saturated rings. The Morgan fingerprint density at radius 3 is 2.36 bits per heavy atom. The first-order valence-corrected chi connectivity index (χ1v) is 7.97. The van der Waals surface area contributed by atoms with Crippen molar-refractivity contribution in [2.24, 2.45) is 0 Å². The molecule has 0 aliphatic rings. The molecule has 0 bridgehead atoms. The van der Waals surface area contributed by atoms with Crippen LogP contribution in [0.2, 0.25) is 0 Å². The van der Waals surface area contributed by atoms with Crippen molar-refractivity contribution in [2.75, 3.05) is 19.0 Å². The van der Waals surface area contributed by atoms with E-state index >= 15 is 0 Å². The average Bonchev–Trinajstić information content (AvgIpc) is 2.61. The van der Waals surface area contributed by atoms with E-state index in [1.165, 1.54) is 0 Å². The number of ether oxygens (including phenoxy) is 3. The van der Waals surface area contributed by atoms with Gasteiger partial charge in [0.05, 0.1) is 7.11 Å². The topological polar surface area (TPSA) is 56.8 Å². The molecule has 0 radical (unpaired) electrons. The molecule has 0 saturated carbocycles. The van der Waals surface area contributed by atoms with Crippen LogP contribution in [0.25, 0.3) is 0 Å². The number of benzene rings is 2. The number of anilines is 1. The third kappa shape index (κ3) is 5.57. The van der Waals surface area contributed by atoms with Gasteiger partial charge in [-0.2, -0.15) is 0 Å². The summed E-state index contributed by atoms with van der Waals surface area (Å²) in [6.07, 6.45) is -0.671. The summed E-state index contributed by atoms with van der Waals surface area (Å²) < 4.78 is 16.4. The van der Waals surface area contributed by atoms with Gasteiger partial charge < -0.3 is 19.5 Å². The quantitative estimate of drug-likeness (QED) is 0.736. The zero-order valence-corrected chi connectivity index (χ0v) is 14.7. The Hall–Kier alpha value is -2.95. The van der Waals surface area contributed by atoms with E-state index in [1.54, 1.807) is 50.4 Å². The summed E-state index contributed by atoms with van der Waals surface area (Å²) in [5, 5.41) is 2.81. The minimum absolute atomic E-state index is 0.249. The molecule has 2 aromatic rings. The number of methoxy groups -OCH3 is 1. The van der Waals surface area contributed by atoms with E-state index in [-0.39, 0.29) is 5.91 Å². The second kappa shape index (κ2) is 8.78. The maximum Gasteiger partial charge on any atom is 0.265 e. The van der Waals surface area contributed by atoms with Crippen molar-refractivity contribution < 1.29 is 19.0 Å². The lowest BCUT2D eigenvalue weighted by molar-refractivity contribution is -0.122. The van der Waals surface area contributed by atoms with E-state index in [2.05, 4.69) is 11.9 Å². The highest BCUT2D eigenvalue weighted by Gasteiger charge is 2.16. The maximum atomic E-state index is 12.3. The molecular weight excluding hydrogens is 318 g/mol. The van der Waals surface area contributed by atoms with E-state index in [0.29, 0.717) is 23.8 Å². The van der Waals surface area contributed by atoms with Gasteiger partial charge in [-0.15, -0.1) is 0 Å². The van der Waals surface area contributed by atoms with E-state index in [4.69, 9.17) is 14.2 Å². The van der Waals surface area contributed by atoms with Crippen molar-refractivity contribution in [2.45, 2.75) is 20.0 Å². The Bertz CT molecular complexity index is 725. The second-order valence-electron chi connectivity index (χ2n) is 5.67. The molecule has 0 aliphatic heterocycles. The van der Waals surface area contributed by atoms with Crippen LogP contribution in [0.15, 0.2) is 60.7 Å². The zero-order valence-electron chi connectivity index (χ0n) is 14.7. The monoisotopic (exact) mass is 341 g/mol. The molecule has 2 rings (SSSR count). The van der Waals surface area contributed by atoms with E-state index in [1.807, 2.05) is 19.1 Å². The van der Waals surface area contributed by atoms with Gasteiger partial charge >= 0.3 is 0 Å². The number of nitrogens with one attached hydrogen (secondary N) is 1. The molecule has 1 unspecified atom stereocenters. The second-order valence-corrected chi connectivity index (χ2v) is 5.67. The summed E-state index contributed by atoms with van der Waals surface area (Å²) in [6, 6.07) is 14.4. The lowest BCUT2D eigenvalue weighted by Crippen LogP contribution is -2.30. The van der Waals surface area contributed by atoms with Crippen LogP contribution >= 0.6 is 0 Å². The van der Waals surface area contributed by atoms with Gasteiger partial charge in [0.15, 0.2) is 17.6 Å². The first-order valence-electron chi connectivity index (χ1n) is 7.97. The summed E-state index contributed by atoms with van der Waals surface area (Å²) in [7, 11) is 1.56. The van der Waals surface area contributed by atoms with Gasteiger partial charge in [-0.05, 0) is 55.8 Å². The van der Waals surface area contributed by atoms with Crippen LogP contribution in [-0.4, -0.2) is 25.7 Å². The highest BCUT2D eigenvalue weighted by atomic mass is 16.5. The number of hydrogen-bond donors (Lipinski definition) is 1. The third-order valence-electron chi connectivity index (χ3n) is 3.35. The van der Waals surface area contributed by atoms with Gasteiger partial charge in [-0.1, -0.05) is 18.7 Å². The SMILES string of the molecule is C=C(C)COc1ccc(NC(=O)C(C)Oc2ccccc2OC)cc1. The first kappa shape index (κ1) is 18.4. The van der Waals surface area contributed by atoms with Crippen molar-refractivity contribution in [1.82, 2.24) is 0 Å². The minimum Gasteiger partial charge on any atom is -0.493 e. The van der Waals surface area contributed by atoms with E-state index < -0.39 is 6.10 Å². The fraction of sp³-hybridized carbons (Fsp3) is 0.250. The largest absolute Gasteiger partial charge is 0.493 e. The van der Waals surface area contributed by atoms with Crippen LogP contribution in [0.5, 0.6) is 17.2 Å². The molecule has 25 heavy (non-hydrogen) atoms. The molecule has 5 heteroatoms. The van der Waals surface area contributed by atoms with Gasteiger partial charge in [0.1, 0.15) is 12.4 Å². The lowest BCUT2D eigenvalue weighted by Gasteiger charge is -2.16. The molecule has 0 aliphatic carbocycles. The van der Waals surface area contributed by atoms with Crippen molar-refractivity contribution in [3.8, 4) is 17.2 Å². The van der Waals surface area contributed by atoms with Crippen molar-refractivity contribution in [1.29, 1.82) is 0 Å². The number of rotatable bonds is 8. The molecule has 0 aromatic heterocycles. The number of amides is 1. The Labute approximate surface area is 148 Å². The van der Waals surface area contributed by atoms with Gasteiger partial charge in [0.25, 0.3) is 5.91 Å². The van der Waals surface area contributed by atoms with Gasteiger partial charge in [-0.3, -0.25) is 4.79 Å². The van der Waals surface area contributed by atoms with Gasteiger partial charge in [-0.25, -0.2) is 0 Å². The maximum absolute atomic E-state index is 12.3. The number of hydrogen-bond acceptors (Lipinski definition) is 4. The van der Waals surface area contributed by atoms with Crippen molar-refractivity contribution in [3.05, 3.63) is 60.7 Å². The summed E-state index contributed by atoms with van der Waals surface area (Å²) in [6.45, 7) is 7.84. The molecule has 0 heterocycles. The predicted octanol–water partition coefficient (Wildman–Crippen LogP) is 4.06. The molecule has 132 valence electrons. The van der Waals surface area contributed by atoms with E-state index in [9.17, 15) is 4.79 Å². The standard InChI is InChI=1S/C20H23NO4/c1-14(2)13-24-17-11-9-16(10-12-17)21-20(22)15(3)25-19-8-6-5-7-18(19)23-4/h5-12,15H,1,13H2,2-4H3,(H,21,22). The van der Waals surface area contributed by atoms with Crippen LogP contribution < -0.4 is 19.5 Å².